The van der Waals surface area contributed by atoms with Gasteiger partial charge in [-0.1, -0.05) is 36.4 Å². The van der Waals surface area contributed by atoms with Crippen LogP contribution in [0.1, 0.15) is 17.5 Å². The van der Waals surface area contributed by atoms with Crippen molar-refractivity contribution in [3.63, 3.8) is 0 Å². The second-order valence-electron chi connectivity index (χ2n) is 5.75. The molecule has 0 aliphatic carbocycles. The second-order valence-corrected chi connectivity index (χ2v) is 6.54. The van der Waals surface area contributed by atoms with Crippen LogP contribution in [0.25, 0.3) is 0 Å². The second kappa shape index (κ2) is 8.94. The molecule has 0 saturated carbocycles. The van der Waals surface area contributed by atoms with E-state index >= 15 is 0 Å². The molecule has 0 aromatic heterocycles. The zero-order chi connectivity index (χ0) is 16.7. The van der Waals surface area contributed by atoms with E-state index in [0.29, 0.717) is 6.61 Å². The zero-order valence-electron chi connectivity index (χ0n) is 14.0. The number of benzene rings is 2. The fraction of sp³-hybridized carbons (Fsp3) is 0.368. The van der Waals surface area contributed by atoms with Crippen molar-refractivity contribution in [3.8, 4) is 11.5 Å². The lowest BCUT2D eigenvalue weighted by Crippen LogP contribution is -2.13. The highest BCUT2D eigenvalue weighted by atomic mass is 79.9. The Hall–Kier alpha value is -1.52. The van der Waals surface area contributed by atoms with E-state index in [9.17, 15) is 0 Å². The van der Waals surface area contributed by atoms with Gasteiger partial charge in [-0.3, -0.25) is 0 Å². The number of rotatable bonds is 8. The number of nitrogens with zero attached hydrogens (tertiary/aromatic N) is 1. The third kappa shape index (κ3) is 5.26. The van der Waals surface area contributed by atoms with Crippen molar-refractivity contribution in [2.45, 2.75) is 19.4 Å². The van der Waals surface area contributed by atoms with Crippen molar-refractivity contribution in [1.82, 2.24) is 4.90 Å². The molecular weight excluding hydrogens is 354 g/mol. The average molecular weight is 378 g/mol. The van der Waals surface area contributed by atoms with Crippen LogP contribution in [0.2, 0.25) is 0 Å². The van der Waals surface area contributed by atoms with Crippen LogP contribution in [-0.2, 0) is 13.0 Å². The Morgan fingerprint density at radius 1 is 1.04 bits per heavy atom. The highest BCUT2D eigenvalue weighted by Gasteiger charge is 2.14. The van der Waals surface area contributed by atoms with Crippen LogP contribution in [0.3, 0.4) is 0 Å². The van der Waals surface area contributed by atoms with E-state index in [1.807, 2.05) is 24.3 Å². The molecule has 3 nitrogen and oxygen atoms in total. The number of halogens is 1. The Kier molecular flexibility index (Phi) is 6.93. The van der Waals surface area contributed by atoms with E-state index in [2.05, 4.69) is 53.1 Å². The van der Waals surface area contributed by atoms with Crippen molar-refractivity contribution in [1.29, 1.82) is 0 Å². The van der Waals surface area contributed by atoms with Crippen LogP contribution in [0.4, 0.5) is 0 Å². The molecule has 0 fully saturated rings. The summed E-state index contributed by atoms with van der Waals surface area (Å²) >= 11 is 3.70. The summed E-state index contributed by atoms with van der Waals surface area (Å²) < 4.78 is 12.5. The Bertz CT molecular complexity index is 614. The molecule has 4 heteroatoms. The summed E-state index contributed by atoms with van der Waals surface area (Å²) in [6.45, 7) is 1.59. The summed E-state index contributed by atoms with van der Waals surface area (Å²) in [6.07, 6.45) is 2.11. The first-order valence-electron chi connectivity index (χ1n) is 7.78. The molecule has 0 saturated heterocycles. The van der Waals surface area contributed by atoms with Crippen molar-refractivity contribution >= 4 is 15.9 Å². The first-order chi connectivity index (χ1) is 11.1. The lowest BCUT2D eigenvalue weighted by Gasteiger charge is -2.16. The minimum Gasteiger partial charge on any atom is -0.493 e. The van der Waals surface area contributed by atoms with Gasteiger partial charge < -0.3 is 14.4 Å². The Morgan fingerprint density at radius 2 is 1.78 bits per heavy atom. The van der Waals surface area contributed by atoms with Crippen LogP contribution in [0, 0.1) is 0 Å². The smallest absolute Gasteiger partial charge is 0.176 e. The molecular formula is C19H24BrNO2. The third-order valence-corrected chi connectivity index (χ3v) is 4.51. The fourth-order valence-corrected chi connectivity index (χ4v) is 3.02. The van der Waals surface area contributed by atoms with Gasteiger partial charge in [-0.25, -0.2) is 0 Å². The molecule has 0 heterocycles. The predicted octanol–water partition coefficient (Wildman–Crippen LogP) is 4.53. The standard InChI is InChI=1S/C19H24BrNO2/c1-21(2)13-7-10-16-11-12-17(22-3)19(18(16)20)23-14-15-8-5-4-6-9-15/h4-6,8-9,11-12H,7,10,13-14H2,1-3H3. The minimum absolute atomic E-state index is 0.525. The molecule has 2 aromatic rings. The van der Waals surface area contributed by atoms with Crippen molar-refractivity contribution < 1.29 is 9.47 Å². The summed E-state index contributed by atoms with van der Waals surface area (Å²) in [7, 11) is 5.86. The van der Waals surface area contributed by atoms with Crippen LogP contribution in [0.5, 0.6) is 11.5 Å². The SMILES string of the molecule is COc1ccc(CCCN(C)C)c(Br)c1OCc1ccccc1. The summed E-state index contributed by atoms with van der Waals surface area (Å²) in [4.78, 5) is 2.20. The van der Waals surface area contributed by atoms with Gasteiger partial charge in [0.15, 0.2) is 11.5 Å². The lowest BCUT2D eigenvalue weighted by atomic mass is 10.1. The van der Waals surface area contributed by atoms with Gasteiger partial charge in [0.05, 0.1) is 11.6 Å². The van der Waals surface area contributed by atoms with E-state index in [1.54, 1.807) is 7.11 Å². The number of hydrogen-bond acceptors (Lipinski definition) is 3. The Morgan fingerprint density at radius 3 is 2.43 bits per heavy atom. The molecule has 0 radical (unpaired) electrons. The lowest BCUT2D eigenvalue weighted by molar-refractivity contribution is 0.282. The summed E-state index contributed by atoms with van der Waals surface area (Å²) in [5.74, 6) is 1.53. The molecule has 0 aliphatic heterocycles. The van der Waals surface area contributed by atoms with Gasteiger partial charge in [-0.05, 0) is 66.6 Å². The zero-order valence-corrected chi connectivity index (χ0v) is 15.6. The molecule has 23 heavy (non-hydrogen) atoms. The van der Waals surface area contributed by atoms with Crippen molar-refractivity contribution in [3.05, 3.63) is 58.1 Å². The number of ether oxygens (including phenoxy) is 2. The van der Waals surface area contributed by atoms with E-state index < -0.39 is 0 Å². The highest BCUT2D eigenvalue weighted by Crippen LogP contribution is 2.38. The molecule has 0 aliphatic rings. The fourth-order valence-electron chi connectivity index (χ4n) is 2.38. The van der Waals surface area contributed by atoms with Gasteiger partial charge in [0.2, 0.25) is 0 Å². The first-order valence-corrected chi connectivity index (χ1v) is 8.58. The highest BCUT2D eigenvalue weighted by molar-refractivity contribution is 9.10. The maximum atomic E-state index is 6.03. The van der Waals surface area contributed by atoms with Crippen molar-refractivity contribution in [2.75, 3.05) is 27.7 Å². The van der Waals surface area contributed by atoms with Crippen LogP contribution in [0.15, 0.2) is 46.9 Å². The topological polar surface area (TPSA) is 21.7 Å². The number of aryl methyl sites for hydroxylation is 1. The summed E-state index contributed by atoms with van der Waals surface area (Å²) in [5, 5.41) is 0. The van der Waals surface area contributed by atoms with Crippen LogP contribution in [-0.4, -0.2) is 32.6 Å². The predicted molar refractivity (Wildman–Crippen MR) is 98.3 cm³/mol. The monoisotopic (exact) mass is 377 g/mol. The molecule has 124 valence electrons. The maximum absolute atomic E-state index is 6.03. The van der Waals surface area contributed by atoms with E-state index in [4.69, 9.17) is 9.47 Å². The average Bonchev–Trinajstić information content (AvgIpc) is 2.55. The molecule has 0 N–H and O–H groups in total. The quantitative estimate of drug-likeness (QED) is 0.674. The van der Waals surface area contributed by atoms with Gasteiger partial charge in [0.1, 0.15) is 6.61 Å². The van der Waals surface area contributed by atoms with Gasteiger partial charge in [-0.2, -0.15) is 0 Å². The van der Waals surface area contributed by atoms with Crippen LogP contribution < -0.4 is 9.47 Å². The van der Waals surface area contributed by atoms with Crippen molar-refractivity contribution in [2.24, 2.45) is 0 Å². The van der Waals surface area contributed by atoms with E-state index in [1.165, 1.54) is 5.56 Å². The molecule has 0 spiro atoms. The largest absolute Gasteiger partial charge is 0.493 e. The summed E-state index contributed by atoms with van der Waals surface area (Å²) in [6, 6.07) is 14.2. The van der Waals surface area contributed by atoms with Gasteiger partial charge in [-0.15, -0.1) is 0 Å². The molecule has 0 unspecified atom stereocenters. The van der Waals surface area contributed by atoms with Crippen LogP contribution >= 0.6 is 15.9 Å². The Balaban J connectivity index is 2.12. The minimum atomic E-state index is 0.525. The molecule has 0 amide bonds. The van der Waals surface area contributed by atoms with Gasteiger partial charge >= 0.3 is 0 Å². The van der Waals surface area contributed by atoms with E-state index in [0.717, 1.165) is 40.9 Å². The number of methoxy groups -OCH3 is 1. The normalized spacial score (nSPS) is 10.8. The number of hydrogen-bond donors (Lipinski definition) is 0. The first kappa shape index (κ1) is 17.8. The Labute approximate surface area is 147 Å². The van der Waals surface area contributed by atoms with E-state index in [-0.39, 0.29) is 0 Å². The molecule has 2 rings (SSSR count). The van der Waals surface area contributed by atoms with Gasteiger partial charge in [0, 0.05) is 0 Å². The maximum Gasteiger partial charge on any atom is 0.176 e. The summed E-state index contributed by atoms with van der Waals surface area (Å²) in [5.41, 5.74) is 2.38. The van der Waals surface area contributed by atoms with Gasteiger partial charge in [0.25, 0.3) is 0 Å². The third-order valence-electron chi connectivity index (χ3n) is 3.64. The molecule has 0 bridgehead atoms. The molecule has 2 aromatic carbocycles. The molecule has 0 atom stereocenters.